The summed E-state index contributed by atoms with van der Waals surface area (Å²) in [6.45, 7) is 1.80. The lowest BCUT2D eigenvalue weighted by molar-refractivity contribution is 0.270. The van der Waals surface area contributed by atoms with Gasteiger partial charge in [0.05, 0.1) is 11.1 Å². The number of piperidine rings is 1. The minimum absolute atomic E-state index is 0.454. The highest BCUT2D eigenvalue weighted by molar-refractivity contribution is 7.89. The lowest BCUT2D eigenvalue weighted by atomic mass is 9.81. The van der Waals surface area contributed by atoms with Crippen molar-refractivity contribution in [1.82, 2.24) is 29.0 Å². The van der Waals surface area contributed by atoms with E-state index in [1.807, 2.05) is 30.2 Å². The number of rotatable bonds is 6. The van der Waals surface area contributed by atoms with E-state index in [-0.39, 0.29) is 0 Å². The predicted octanol–water partition coefficient (Wildman–Crippen LogP) is 2.45. The third kappa shape index (κ3) is 3.81. The Morgan fingerprint density at radius 1 is 1.23 bits per heavy atom. The van der Waals surface area contributed by atoms with Crippen LogP contribution in [0.25, 0.3) is 11.0 Å². The first-order valence-corrected chi connectivity index (χ1v) is 12.0. The van der Waals surface area contributed by atoms with Gasteiger partial charge in [0.25, 0.3) is 0 Å². The molecule has 1 N–H and O–H groups in total. The zero-order chi connectivity index (χ0) is 20.7. The van der Waals surface area contributed by atoms with Crippen molar-refractivity contribution in [2.75, 3.05) is 30.8 Å². The largest absolute Gasteiger partial charge is 0.598 e. The second-order valence-electron chi connectivity index (χ2n) is 8.65. The van der Waals surface area contributed by atoms with Crippen molar-refractivity contribution in [2.24, 2.45) is 13.0 Å². The van der Waals surface area contributed by atoms with Crippen molar-refractivity contribution in [3.8, 4) is 0 Å². The third-order valence-corrected chi connectivity index (χ3v) is 8.40. The zero-order valence-corrected chi connectivity index (χ0v) is 18.4. The molecule has 4 heterocycles. The number of nitrogens with zero attached hydrogens (tertiary/aromatic N) is 6. The average Bonchev–Trinajstić information content (AvgIpc) is 3.38. The molecule has 0 spiro atoms. The van der Waals surface area contributed by atoms with Crippen molar-refractivity contribution in [2.45, 2.75) is 37.6 Å². The molecular weight excluding hydrogens is 398 g/mol. The maximum absolute atomic E-state index is 12.9. The molecule has 3 aromatic heterocycles. The summed E-state index contributed by atoms with van der Waals surface area (Å²) in [5.41, 5.74) is 2.05. The first-order chi connectivity index (χ1) is 14.6. The van der Waals surface area contributed by atoms with Gasteiger partial charge in [-0.1, -0.05) is 0 Å². The van der Waals surface area contributed by atoms with Crippen molar-refractivity contribution in [3.63, 3.8) is 0 Å². The van der Waals surface area contributed by atoms with Gasteiger partial charge in [0.1, 0.15) is 23.5 Å². The Bertz CT molecular complexity index is 990. The fourth-order valence-corrected chi connectivity index (χ4v) is 6.28. The third-order valence-electron chi connectivity index (χ3n) is 6.70. The van der Waals surface area contributed by atoms with Crippen LogP contribution < -0.4 is 4.90 Å². The lowest BCUT2D eigenvalue weighted by Crippen LogP contribution is -2.48. The molecule has 2 aliphatic rings. The molecule has 0 bridgehead atoms. The second kappa shape index (κ2) is 8.20. The Morgan fingerprint density at radius 2 is 2.03 bits per heavy atom. The average molecular weight is 428 g/mol. The molecule has 1 aliphatic heterocycles. The Labute approximate surface area is 180 Å². The molecule has 1 aliphatic carbocycles. The quantitative estimate of drug-likeness (QED) is 0.608. The molecule has 9 heteroatoms. The van der Waals surface area contributed by atoms with Crippen LogP contribution >= 0.6 is 0 Å². The zero-order valence-electron chi connectivity index (χ0n) is 17.6. The van der Waals surface area contributed by atoms with Gasteiger partial charge in [0, 0.05) is 68.8 Å². The number of hydrogen-bond acceptors (Lipinski definition) is 6. The standard InChI is InChI=1S/C21H29N7OS/c1-26-8-6-19(25-26)16-4-9-28(10-5-16)30(29)13-15-11-17(12-15)27(2)21-18-3-7-22-20(18)23-14-24-21/h3,6-8,14-17H,4-5,9-13H2,1-2H3,(H,22,23,24)/t15-,17+,30?. The fraction of sp³-hybridized carbons (Fsp3) is 0.571. The molecule has 3 aromatic rings. The van der Waals surface area contributed by atoms with Crippen molar-refractivity contribution in [1.29, 1.82) is 0 Å². The summed E-state index contributed by atoms with van der Waals surface area (Å²) in [5.74, 6) is 2.78. The van der Waals surface area contributed by atoms with E-state index in [0.29, 0.717) is 17.9 Å². The predicted molar refractivity (Wildman–Crippen MR) is 119 cm³/mol. The first kappa shape index (κ1) is 19.8. The Hall–Kier alpha value is -2.10. The number of aromatic amines is 1. The Kier molecular flexibility index (Phi) is 5.43. The lowest BCUT2D eigenvalue weighted by Gasteiger charge is -2.42. The van der Waals surface area contributed by atoms with Crippen LogP contribution in [0.5, 0.6) is 0 Å². The smallest absolute Gasteiger partial charge is 0.142 e. The highest BCUT2D eigenvalue weighted by Crippen LogP contribution is 2.37. The summed E-state index contributed by atoms with van der Waals surface area (Å²) in [6.07, 6.45) is 9.75. The molecule has 160 valence electrons. The van der Waals surface area contributed by atoms with Crippen LogP contribution in [-0.2, 0) is 18.4 Å². The summed E-state index contributed by atoms with van der Waals surface area (Å²) in [5, 5.41) is 5.61. The van der Waals surface area contributed by atoms with Gasteiger partial charge in [-0.05, 0) is 37.8 Å². The molecular formula is C21H29N7OS. The highest BCUT2D eigenvalue weighted by atomic mass is 32.2. The molecule has 0 amide bonds. The van der Waals surface area contributed by atoms with Crippen LogP contribution in [0, 0.1) is 5.92 Å². The molecule has 2 fully saturated rings. The van der Waals surface area contributed by atoms with Crippen LogP contribution in [-0.4, -0.2) is 65.5 Å². The van der Waals surface area contributed by atoms with Crippen molar-refractivity contribution >= 4 is 28.2 Å². The number of fused-ring (bicyclic) bond motifs is 1. The SMILES string of the molecule is Cn1ccc(C2CCN([S+]([O-])C[C@H]3C[C@@H](N(C)c4ncnc5[nH]ccc45)C3)CC2)n1. The van der Waals surface area contributed by atoms with E-state index in [4.69, 9.17) is 0 Å². The molecule has 0 radical (unpaired) electrons. The van der Waals surface area contributed by atoms with Gasteiger partial charge in [-0.15, -0.1) is 4.31 Å². The van der Waals surface area contributed by atoms with E-state index in [0.717, 1.165) is 61.4 Å². The van der Waals surface area contributed by atoms with E-state index < -0.39 is 11.4 Å². The molecule has 1 atom stereocenters. The van der Waals surface area contributed by atoms with E-state index in [2.05, 4.69) is 42.4 Å². The Balaban J connectivity index is 1.10. The number of aryl methyl sites for hydroxylation is 1. The van der Waals surface area contributed by atoms with Gasteiger partial charge in [-0.2, -0.15) is 5.10 Å². The number of anilines is 1. The van der Waals surface area contributed by atoms with E-state index >= 15 is 0 Å². The van der Waals surface area contributed by atoms with E-state index in [1.54, 1.807) is 6.33 Å². The van der Waals surface area contributed by atoms with Crippen molar-refractivity contribution < 1.29 is 4.55 Å². The maximum atomic E-state index is 12.9. The topological polar surface area (TPSA) is 88.9 Å². The van der Waals surface area contributed by atoms with Gasteiger partial charge in [-0.25, -0.2) is 9.97 Å². The van der Waals surface area contributed by atoms with Crippen LogP contribution in [0.3, 0.4) is 0 Å². The van der Waals surface area contributed by atoms with Crippen molar-refractivity contribution in [3.05, 3.63) is 36.5 Å². The summed E-state index contributed by atoms with van der Waals surface area (Å²) in [6, 6.07) is 4.59. The molecule has 30 heavy (non-hydrogen) atoms. The monoisotopic (exact) mass is 427 g/mol. The number of hydrogen-bond donors (Lipinski definition) is 1. The minimum atomic E-state index is -0.881. The van der Waals surface area contributed by atoms with E-state index in [9.17, 15) is 4.55 Å². The van der Waals surface area contributed by atoms with Gasteiger partial charge in [-0.3, -0.25) is 4.68 Å². The second-order valence-corrected chi connectivity index (χ2v) is 10.1. The fourth-order valence-electron chi connectivity index (χ4n) is 4.78. The number of aromatic nitrogens is 5. The van der Waals surface area contributed by atoms with Crippen LogP contribution in [0.15, 0.2) is 30.9 Å². The van der Waals surface area contributed by atoms with Crippen LogP contribution in [0.1, 0.15) is 37.3 Å². The number of nitrogens with one attached hydrogen (secondary N) is 1. The summed E-state index contributed by atoms with van der Waals surface area (Å²) in [4.78, 5) is 14.2. The summed E-state index contributed by atoms with van der Waals surface area (Å²) >= 11 is -0.881. The molecule has 0 aromatic carbocycles. The first-order valence-electron chi connectivity index (χ1n) is 10.7. The van der Waals surface area contributed by atoms with Gasteiger partial charge in [0.2, 0.25) is 0 Å². The normalized spacial score (nSPS) is 24.1. The molecule has 5 rings (SSSR count). The molecule has 1 saturated carbocycles. The van der Waals surface area contributed by atoms with Gasteiger partial charge in [0.15, 0.2) is 0 Å². The Morgan fingerprint density at radius 3 is 2.77 bits per heavy atom. The molecule has 8 nitrogen and oxygen atoms in total. The van der Waals surface area contributed by atoms with Crippen LogP contribution in [0.4, 0.5) is 5.82 Å². The molecule has 1 saturated heterocycles. The van der Waals surface area contributed by atoms with Crippen LogP contribution in [0.2, 0.25) is 0 Å². The minimum Gasteiger partial charge on any atom is -0.598 e. The van der Waals surface area contributed by atoms with Gasteiger partial charge < -0.3 is 14.4 Å². The summed E-state index contributed by atoms with van der Waals surface area (Å²) < 4.78 is 17.0. The summed E-state index contributed by atoms with van der Waals surface area (Å²) in [7, 11) is 4.07. The van der Waals surface area contributed by atoms with Gasteiger partial charge >= 0.3 is 0 Å². The highest BCUT2D eigenvalue weighted by Gasteiger charge is 2.38. The maximum Gasteiger partial charge on any atom is 0.142 e. The molecule has 1 unspecified atom stereocenters. The van der Waals surface area contributed by atoms with E-state index in [1.165, 1.54) is 5.69 Å². The number of H-pyrrole nitrogens is 1.